The molecule has 0 fully saturated rings. The van der Waals surface area contributed by atoms with Crippen LogP contribution in [0.1, 0.15) is 22.3 Å². The van der Waals surface area contributed by atoms with Crippen LogP contribution in [0.25, 0.3) is 0 Å². The highest BCUT2D eigenvalue weighted by Crippen LogP contribution is 2.21. The lowest BCUT2D eigenvalue weighted by Gasteiger charge is -2.04. The number of benzene rings is 2. The minimum atomic E-state index is -0.162. The molecule has 21 heavy (non-hydrogen) atoms. The number of carbonyl (C=O) groups excluding carboxylic acids is 1. The maximum atomic E-state index is 11.7. The van der Waals surface area contributed by atoms with Crippen molar-refractivity contribution in [1.82, 2.24) is 5.43 Å². The number of phenols is 1. The summed E-state index contributed by atoms with van der Waals surface area (Å²) in [6, 6.07) is 13.1. The van der Waals surface area contributed by atoms with Crippen LogP contribution in [-0.2, 0) is 11.2 Å². The maximum absolute atomic E-state index is 11.7. The molecule has 2 N–H and O–H groups in total. The Kier molecular flexibility index (Phi) is 4.72. The van der Waals surface area contributed by atoms with Crippen LogP contribution < -0.4 is 5.43 Å². The van der Waals surface area contributed by atoms with E-state index in [1.165, 1.54) is 0 Å². The highest BCUT2D eigenvalue weighted by Gasteiger charge is 2.03. The molecule has 0 aliphatic heterocycles. The first-order valence-electron chi connectivity index (χ1n) is 6.72. The van der Waals surface area contributed by atoms with Gasteiger partial charge < -0.3 is 5.11 Å². The fourth-order valence-corrected chi connectivity index (χ4v) is 2.06. The predicted molar refractivity (Wildman–Crippen MR) is 83.5 cm³/mol. The van der Waals surface area contributed by atoms with Crippen LogP contribution >= 0.6 is 0 Å². The van der Waals surface area contributed by atoms with Crippen LogP contribution in [0.4, 0.5) is 0 Å². The van der Waals surface area contributed by atoms with E-state index in [2.05, 4.69) is 10.5 Å². The number of rotatable bonds is 4. The SMILES string of the molecule is Cc1cc(C=NNC(=O)Cc2ccccc2)cc(C)c1O. The number of nitrogens with zero attached hydrogens (tertiary/aromatic N) is 1. The molecule has 2 aromatic rings. The monoisotopic (exact) mass is 282 g/mol. The Balaban J connectivity index is 1.95. The van der Waals surface area contributed by atoms with Gasteiger partial charge in [-0.15, -0.1) is 0 Å². The minimum absolute atomic E-state index is 0.162. The molecule has 0 radical (unpaired) electrons. The van der Waals surface area contributed by atoms with Gasteiger partial charge in [0.1, 0.15) is 5.75 Å². The van der Waals surface area contributed by atoms with Crippen molar-refractivity contribution in [1.29, 1.82) is 0 Å². The van der Waals surface area contributed by atoms with Crippen molar-refractivity contribution in [3.8, 4) is 5.75 Å². The summed E-state index contributed by atoms with van der Waals surface area (Å²) in [6.07, 6.45) is 1.87. The molecule has 0 aliphatic carbocycles. The molecule has 0 spiro atoms. The highest BCUT2D eigenvalue weighted by molar-refractivity contribution is 5.84. The van der Waals surface area contributed by atoms with E-state index in [4.69, 9.17) is 0 Å². The van der Waals surface area contributed by atoms with E-state index in [0.717, 1.165) is 22.3 Å². The fourth-order valence-electron chi connectivity index (χ4n) is 2.06. The van der Waals surface area contributed by atoms with Gasteiger partial charge in [-0.05, 0) is 48.2 Å². The summed E-state index contributed by atoms with van der Waals surface area (Å²) in [6.45, 7) is 3.65. The summed E-state index contributed by atoms with van der Waals surface area (Å²) in [5.74, 6) is 0.130. The summed E-state index contributed by atoms with van der Waals surface area (Å²) in [5.41, 5.74) is 5.85. The molecule has 0 bridgehead atoms. The molecule has 0 unspecified atom stereocenters. The smallest absolute Gasteiger partial charge is 0.244 e. The number of hydrogen-bond donors (Lipinski definition) is 2. The molecular formula is C17H18N2O2. The Morgan fingerprint density at radius 3 is 2.43 bits per heavy atom. The first-order chi connectivity index (χ1) is 10.1. The maximum Gasteiger partial charge on any atom is 0.244 e. The predicted octanol–water partition coefficient (Wildman–Crippen LogP) is 2.70. The summed E-state index contributed by atoms with van der Waals surface area (Å²) in [7, 11) is 0. The largest absolute Gasteiger partial charge is 0.507 e. The van der Waals surface area contributed by atoms with E-state index < -0.39 is 0 Å². The first kappa shape index (κ1) is 14.8. The number of aryl methyl sites for hydroxylation is 2. The summed E-state index contributed by atoms with van der Waals surface area (Å²) >= 11 is 0. The van der Waals surface area contributed by atoms with Crippen LogP contribution in [0.15, 0.2) is 47.6 Å². The number of aromatic hydroxyl groups is 1. The van der Waals surface area contributed by atoms with Crippen LogP contribution in [0.3, 0.4) is 0 Å². The lowest BCUT2D eigenvalue weighted by Crippen LogP contribution is -2.19. The fraction of sp³-hybridized carbons (Fsp3) is 0.176. The van der Waals surface area contributed by atoms with Crippen LogP contribution in [-0.4, -0.2) is 17.2 Å². The lowest BCUT2D eigenvalue weighted by molar-refractivity contribution is -0.120. The Morgan fingerprint density at radius 2 is 1.81 bits per heavy atom. The minimum Gasteiger partial charge on any atom is -0.507 e. The third-order valence-corrected chi connectivity index (χ3v) is 3.12. The van der Waals surface area contributed by atoms with E-state index >= 15 is 0 Å². The molecule has 2 aromatic carbocycles. The molecule has 4 heteroatoms. The van der Waals surface area contributed by atoms with Crippen LogP contribution in [0.2, 0.25) is 0 Å². The zero-order chi connectivity index (χ0) is 15.2. The van der Waals surface area contributed by atoms with Gasteiger partial charge in [-0.3, -0.25) is 4.79 Å². The average molecular weight is 282 g/mol. The summed E-state index contributed by atoms with van der Waals surface area (Å²) in [4.78, 5) is 11.7. The topological polar surface area (TPSA) is 61.7 Å². The molecule has 0 aromatic heterocycles. The Bertz CT molecular complexity index is 641. The van der Waals surface area contributed by atoms with Crippen molar-refractivity contribution in [3.05, 3.63) is 64.7 Å². The van der Waals surface area contributed by atoms with Crippen molar-refractivity contribution in [3.63, 3.8) is 0 Å². The molecule has 0 atom stereocenters. The van der Waals surface area contributed by atoms with E-state index in [-0.39, 0.29) is 5.91 Å². The Hall–Kier alpha value is -2.62. The van der Waals surface area contributed by atoms with Crippen molar-refractivity contribution in [2.45, 2.75) is 20.3 Å². The molecule has 108 valence electrons. The van der Waals surface area contributed by atoms with E-state index in [1.54, 1.807) is 6.21 Å². The number of nitrogens with one attached hydrogen (secondary N) is 1. The third-order valence-electron chi connectivity index (χ3n) is 3.12. The molecule has 4 nitrogen and oxygen atoms in total. The third kappa shape index (κ3) is 4.18. The van der Waals surface area contributed by atoms with Gasteiger partial charge in [-0.1, -0.05) is 30.3 Å². The molecule has 0 saturated heterocycles. The number of phenolic OH excluding ortho intramolecular Hbond substituents is 1. The summed E-state index contributed by atoms with van der Waals surface area (Å²) in [5, 5.41) is 13.6. The average Bonchev–Trinajstić information content (AvgIpc) is 2.45. The molecule has 2 rings (SSSR count). The Labute approximate surface area is 124 Å². The molecule has 0 saturated carbocycles. The molecule has 1 amide bonds. The van der Waals surface area contributed by atoms with E-state index in [1.807, 2.05) is 56.3 Å². The van der Waals surface area contributed by atoms with Crippen LogP contribution in [0.5, 0.6) is 5.75 Å². The van der Waals surface area contributed by atoms with Gasteiger partial charge in [0, 0.05) is 0 Å². The van der Waals surface area contributed by atoms with Gasteiger partial charge in [0.05, 0.1) is 12.6 Å². The molecular weight excluding hydrogens is 264 g/mol. The number of amides is 1. The normalized spacial score (nSPS) is 10.8. The molecule has 0 aliphatic rings. The number of hydrogen-bond acceptors (Lipinski definition) is 3. The zero-order valence-electron chi connectivity index (χ0n) is 12.1. The second-order valence-corrected chi connectivity index (χ2v) is 4.96. The lowest BCUT2D eigenvalue weighted by atomic mass is 10.1. The highest BCUT2D eigenvalue weighted by atomic mass is 16.3. The quantitative estimate of drug-likeness (QED) is 0.669. The number of hydrazone groups is 1. The van der Waals surface area contributed by atoms with Gasteiger partial charge in [0.15, 0.2) is 0 Å². The van der Waals surface area contributed by atoms with Crippen molar-refractivity contribution >= 4 is 12.1 Å². The van der Waals surface area contributed by atoms with Gasteiger partial charge in [0.25, 0.3) is 0 Å². The van der Waals surface area contributed by atoms with Gasteiger partial charge >= 0.3 is 0 Å². The van der Waals surface area contributed by atoms with E-state index in [9.17, 15) is 9.90 Å². The Morgan fingerprint density at radius 1 is 1.19 bits per heavy atom. The second-order valence-electron chi connectivity index (χ2n) is 4.96. The van der Waals surface area contributed by atoms with Crippen molar-refractivity contribution in [2.24, 2.45) is 5.10 Å². The van der Waals surface area contributed by atoms with Gasteiger partial charge in [-0.25, -0.2) is 5.43 Å². The van der Waals surface area contributed by atoms with E-state index in [0.29, 0.717) is 12.2 Å². The zero-order valence-corrected chi connectivity index (χ0v) is 12.1. The second kappa shape index (κ2) is 6.70. The molecule has 0 heterocycles. The van der Waals surface area contributed by atoms with Crippen molar-refractivity contribution in [2.75, 3.05) is 0 Å². The van der Waals surface area contributed by atoms with Gasteiger partial charge in [0.2, 0.25) is 5.91 Å². The standard InChI is InChI=1S/C17H18N2O2/c1-12-8-15(9-13(2)17(12)21)11-18-19-16(20)10-14-6-4-3-5-7-14/h3-9,11,21H,10H2,1-2H3,(H,19,20). The number of carbonyl (C=O) groups is 1. The summed E-state index contributed by atoms with van der Waals surface area (Å²) < 4.78 is 0. The first-order valence-corrected chi connectivity index (χ1v) is 6.72. The van der Waals surface area contributed by atoms with Crippen LogP contribution in [0, 0.1) is 13.8 Å². The van der Waals surface area contributed by atoms with Gasteiger partial charge in [-0.2, -0.15) is 5.10 Å². The van der Waals surface area contributed by atoms with Crippen molar-refractivity contribution < 1.29 is 9.90 Å².